The largest absolute Gasteiger partial charge is 0.416 e. The Bertz CT molecular complexity index is 1920. The Kier molecular flexibility index (Phi) is 15.3. The van der Waals surface area contributed by atoms with Gasteiger partial charge in [-0.05, 0) is 151 Å². The van der Waals surface area contributed by atoms with Crippen molar-refractivity contribution in [2.45, 2.75) is 46.2 Å². The Morgan fingerprint density at radius 3 is 1.28 bits per heavy atom. The Morgan fingerprint density at radius 2 is 0.877 bits per heavy atom. The second kappa shape index (κ2) is 19.4. The summed E-state index contributed by atoms with van der Waals surface area (Å²) in [5.41, 5.74) is 4.35. The quantitative estimate of drug-likeness (QED) is 0.0937. The van der Waals surface area contributed by atoms with Crippen LogP contribution in [0, 0.1) is 90.6 Å². The number of alkyl halides is 6. The minimum Gasteiger partial charge on any atom is -0.388 e. The van der Waals surface area contributed by atoms with Crippen molar-refractivity contribution in [3.8, 4) is 0 Å². The smallest absolute Gasteiger partial charge is 0.388 e. The van der Waals surface area contributed by atoms with Crippen molar-refractivity contribution in [3.05, 3.63) is 211 Å². The first-order valence-electron chi connectivity index (χ1n) is 17.9. The molecular formula is C47H40F6FeOP2. The number of aliphatic hydroxyl groups excluding tert-OH is 1. The molecule has 10 radical (unpaired) electrons. The van der Waals surface area contributed by atoms with E-state index in [1.807, 2.05) is 51.4 Å². The predicted octanol–water partition coefficient (Wildman–Crippen LogP) is 10.6. The number of aliphatic hydroxyl groups is 1. The molecule has 2 aliphatic rings. The van der Waals surface area contributed by atoms with Gasteiger partial charge in [-0.1, -0.05) is 107 Å². The van der Waals surface area contributed by atoms with Gasteiger partial charge in [-0.25, -0.2) is 0 Å². The number of benzene rings is 5. The van der Waals surface area contributed by atoms with Crippen LogP contribution in [0.3, 0.4) is 0 Å². The number of hydrogen-bond donors (Lipinski definition) is 1. The minimum absolute atomic E-state index is 0. The van der Waals surface area contributed by atoms with Gasteiger partial charge in [0.05, 0.1) is 17.2 Å². The fourth-order valence-electron chi connectivity index (χ4n) is 6.88. The van der Waals surface area contributed by atoms with Crippen LogP contribution in [0.15, 0.2) is 109 Å². The number of halogens is 6. The van der Waals surface area contributed by atoms with E-state index in [-0.39, 0.29) is 17.1 Å². The van der Waals surface area contributed by atoms with Gasteiger partial charge in [0.15, 0.2) is 0 Å². The van der Waals surface area contributed by atoms with Crippen LogP contribution in [0.5, 0.6) is 0 Å². The molecule has 0 spiro atoms. The summed E-state index contributed by atoms with van der Waals surface area (Å²) in [6.07, 6.45) is 5.62. The van der Waals surface area contributed by atoms with Crippen LogP contribution in [0.2, 0.25) is 0 Å². The average Bonchev–Trinajstić information content (AvgIpc) is 3.88. The van der Waals surface area contributed by atoms with Crippen LogP contribution < -0.4 is 26.5 Å². The van der Waals surface area contributed by atoms with Crippen LogP contribution >= 0.6 is 15.8 Å². The summed E-state index contributed by atoms with van der Waals surface area (Å²) in [4.78, 5) is 0. The van der Waals surface area contributed by atoms with Gasteiger partial charge in [-0.2, -0.15) is 26.3 Å². The predicted molar refractivity (Wildman–Crippen MR) is 219 cm³/mol. The number of aryl methyl sites for hydroxylation is 4. The standard InChI is InChI=1S/C42H35F6OP2.C5H5.Fe/c1-26-20-27(2)23-34(22-26)51(35-24-28(3)21-29(4)25-35)39-11-7-9-37(39)40(49)36-8-5-6-10-38(36)50(32-16-12-30(13-17-32)41(43,44)45)33-18-14-31(15-19-33)42(46,47)48;1-2-4-5-3-1;/h5-25,40,49H,1-4H3;1-5H;/t40-;;/m0../s1. The average molecular weight is 853 g/mol. The normalized spacial score (nSPS) is 15.7. The molecule has 10 heteroatoms. The summed E-state index contributed by atoms with van der Waals surface area (Å²) in [5.74, 6) is 0.696. The Hall–Kier alpha value is -2.98. The van der Waals surface area contributed by atoms with Crippen LogP contribution in [-0.4, -0.2) is 5.11 Å². The molecule has 7 rings (SSSR count). The molecule has 57 heavy (non-hydrogen) atoms. The maximum atomic E-state index is 13.6. The van der Waals surface area contributed by atoms with Crippen LogP contribution in [0.1, 0.15) is 45.0 Å². The molecule has 5 aromatic carbocycles. The maximum absolute atomic E-state index is 13.6. The van der Waals surface area contributed by atoms with Gasteiger partial charge in [-0.15, -0.1) is 0 Å². The van der Waals surface area contributed by atoms with Gasteiger partial charge in [0.2, 0.25) is 0 Å². The summed E-state index contributed by atoms with van der Waals surface area (Å²) < 4.78 is 81.3. The van der Waals surface area contributed by atoms with E-state index in [1.165, 1.54) is 24.3 Å². The van der Waals surface area contributed by atoms with Crippen LogP contribution in [0.4, 0.5) is 26.3 Å². The molecule has 0 heterocycles. The molecule has 2 aliphatic carbocycles. The summed E-state index contributed by atoms with van der Waals surface area (Å²) >= 11 is 0. The zero-order valence-corrected chi connectivity index (χ0v) is 34.4. The van der Waals surface area contributed by atoms with E-state index < -0.39 is 45.4 Å². The number of hydrogen-bond acceptors (Lipinski definition) is 1. The van der Waals surface area contributed by atoms with Crippen molar-refractivity contribution >= 4 is 42.4 Å². The molecule has 0 bridgehead atoms. The zero-order chi connectivity index (χ0) is 40.2. The topological polar surface area (TPSA) is 20.2 Å². The third-order valence-electron chi connectivity index (χ3n) is 9.22. The molecule has 2 saturated carbocycles. The third kappa shape index (κ3) is 11.2. The fraction of sp³-hybridized carbons (Fsp3) is 0.149. The SMILES string of the molecule is Cc1cc(C)cc(P([C]2[CH][CH][CH][C]2[C@@H](O)c2ccccc2P(c2ccc(C(F)(F)F)cc2)c2ccc(C(F)(F)F)cc2)c2cc(C)cc(C)c2)c1.[CH]1[CH][CH][CH][CH]1.[Fe]. The van der Waals surface area contributed by atoms with Gasteiger partial charge in [-0.3, -0.25) is 0 Å². The summed E-state index contributed by atoms with van der Waals surface area (Å²) in [6.45, 7) is 8.25. The Labute approximate surface area is 346 Å². The first-order valence-corrected chi connectivity index (χ1v) is 20.6. The zero-order valence-electron chi connectivity index (χ0n) is 31.6. The summed E-state index contributed by atoms with van der Waals surface area (Å²) in [5, 5.41) is 16.3. The van der Waals surface area contributed by atoms with E-state index in [0.29, 0.717) is 27.4 Å². The van der Waals surface area contributed by atoms with Crippen LogP contribution in [0.25, 0.3) is 0 Å². The Morgan fingerprint density at radius 1 is 0.474 bits per heavy atom. The maximum Gasteiger partial charge on any atom is 0.416 e. The minimum atomic E-state index is -4.55. The van der Waals surface area contributed by atoms with Gasteiger partial charge >= 0.3 is 12.4 Å². The molecule has 2 fully saturated rings. The molecule has 0 amide bonds. The first kappa shape index (κ1) is 45.1. The molecule has 0 aliphatic heterocycles. The van der Waals surface area contributed by atoms with E-state index in [1.54, 1.807) is 24.3 Å². The monoisotopic (exact) mass is 852 g/mol. The van der Waals surface area contributed by atoms with Gasteiger partial charge < -0.3 is 5.11 Å². The number of rotatable bonds is 8. The van der Waals surface area contributed by atoms with Gasteiger partial charge in [0.1, 0.15) is 0 Å². The van der Waals surface area contributed by atoms with Crippen LogP contribution in [-0.2, 0) is 29.4 Å². The fourth-order valence-corrected chi connectivity index (χ4v) is 12.2. The second-order valence-electron chi connectivity index (χ2n) is 13.7. The van der Waals surface area contributed by atoms with E-state index in [0.717, 1.165) is 62.8 Å². The first-order chi connectivity index (χ1) is 26.6. The van der Waals surface area contributed by atoms with E-state index in [9.17, 15) is 31.4 Å². The van der Waals surface area contributed by atoms with Gasteiger partial charge in [0, 0.05) is 28.6 Å². The van der Waals surface area contributed by atoms with Crippen molar-refractivity contribution in [1.82, 2.24) is 0 Å². The van der Waals surface area contributed by atoms with Crippen molar-refractivity contribution in [1.29, 1.82) is 0 Å². The van der Waals surface area contributed by atoms with Crippen molar-refractivity contribution in [3.63, 3.8) is 0 Å². The summed E-state index contributed by atoms with van der Waals surface area (Å²) in [7, 11) is -2.82. The third-order valence-corrected chi connectivity index (χ3v) is 14.2. The molecule has 0 unspecified atom stereocenters. The van der Waals surface area contributed by atoms with E-state index in [2.05, 4.69) is 64.1 Å². The molecule has 294 valence electrons. The van der Waals surface area contributed by atoms with Crippen molar-refractivity contribution in [2.75, 3.05) is 0 Å². The molecule has 0 saturated heterocycles. The van der Waals surface area contributed by atoms with E-state index >= 15 is 0 Å². The van der Waals surface area contributed by atoms with Crippen molar-refractivity contribution in [2.24, 2.45) is 0 Å². The molecular weight excluding hydrogens is 812 g/mol. The molecule has 5 aromatic rings. The summed E-state index contributed by atoms with van der Waals surface area (Å²) in [6, 6.07) is 29.6. The Balaban J connectivity index is 0.000000959. The second-order valence-corrected chi connectivity index (χ2v) is 18.1. The molecule has 0 aromatic heterocycles. The molecule has 1 nitrogen and oxygen atoms in total. The van der Waals surface area contributed by atoms with E-state index in [4.69, 9.17) is 0 Å². The van der Waals surface area contributed by atoms with Gasteiger partial charge in [0.25, 0.3) is 0 Å². The molecule has 1 N–H and O–H groups in total. The molecule has 1 atom stereocenters. The van der Waals surface area contributed by atoms with Crippen molar-refractivity contribution < 1.29 is 48.5 Å².